The number of aliphatic hydroxyl groups excluding tert-OH is 5. The van der Waals surface area contributed by atoms with E-state index in [1.165, 1.54) is 71.1 Å². The largest absolute Gasteiger partial charge is 0.511 e. The first-order valence-electron chi connectivity index (χ1n) is 37.8. The lowest BCUT2D eigenvalue weighted by molar-refractivity contribution is -0.461. The summed E-state index contributed by atoms with van der Waals surface area (Å²) in [7, 11) is 2.95. The number of carbonyl (C=O) groups is 3. The van der Waals surface area contributed by atoms with Crippen LogP contribution in [-0.2, 0) is 29.0 Å². The molecular formula is C82H96N2O13S2. The number of allylic oxidation sites excluding steroid dienone is 7. The monoisotopic (exact) mass is 1380 g/mol. The summed E-state index contributed by atoms with van der Waals surface area (Å²) in [5.41, 5.74) is -2.03. The van der Waals surface area contributed by atoms with Crippen LogP contribution in [0.4, 0.5) is 0 Å². The van der Waals surface area contributed by atoms with Gasteiger partial charge in [-0.1, -0.05) is 108 Å². The van der Waals surface area contributed by atoms with Gasteiger partial charge in [0.05, 0.1) is 42.0 Å². The molecule has 4 aliphatic heterocycles. The number of dihydropyridines is 1. The Hall–Kier alpha value is -5.21. The van der Waals surface area contributed by atoms with Gasteiger partial charge in [0.2, 0.25) is 5.79 Å². The highest BCUT2D eigenvalue weighted by Gasteiger charge is 2.85. The summed E-state index contributed by atoms with van der Waals surface area (Å²) < 4.78 is 14.7. The van der Waals surface area contributed by atoms with Crippen LogP contribution in [0.25, 0.3) is 0 Å². The fourth-order valence-corrected chi connectivity index (χ4v) is 30.5. The minimum Gasteiger partial charge on any atom is -0.511 e. The van der Waals surface area contributed by atoms with Gasteiger partial charge in [-0.05, 0) is 249 Å². The van der Waals surface area contributed by atoms with Crippen LogP contribution in [0.2, 0.25) is 0 Å². The molecule has 10 fully saturated rings. The topological polar surface area (TPSA) is 256 Å². The number of hydrogen-bond acceptors (Lipinski definition) is 17. The van der Waals surface area contributed by atoms with Gasteiger partial charge < -0.3 is 65.8 Å². The molecule has 4 heterocycles. The Labute approximate surface area is 587 Å². The number of fused-ring (bicyclic) bond motifs is 2. The lowest BCUT2D eigenvalue weighted by atomic mass is 9.42. The van der Waals surface area contributed by atoms with Crippen molar-refractivity contribution >= 4 is 39.4 Å². The van der Waals surface area contributed by atoms with Crippen LogP contribution in [0, 0.1) is 85.8 Å². The van der Waals surface area contributed by atoms with E-state index in [9.17, 15) is 45.6 Å². The minimum atomic E-state index is -2.40. The molecule has 8 saturated carbocycles. The van der Waals surface area contributed by atoms with Crippen LogP contribution in [-0.4, -0.2) is 118 Å². The number of carbonyl (C=O) groups excluding carboxylic acids is 3. The Morgan fingerprint density at radius 3 is 2.39 bits per heavy atom. The van der Waals surface area contributed by atoms with E-state index in [2.05, 4.69) is 22.8 Å². The van der Waals surface area contributed by atoms with Gasteiger partial charge in [-0.3, -0.25) is 9.59 Å². The Morgan fingerprint density at radius 2 is 1.57 bits per heavy atom. The predicted octanol–water partition coefficient (Wildman–Crippen LogP) is 11.9. The summed E-state index contributed by atoms with van der Waals surface area (Å²) in [6.45, 7) is -0.354. The maximum absolute atomic E-state index is 17.1. The molecule has 0 aromatic heterocycles. The molecule has 3 aromatic carbocycles. The van der Waals surface area contributed by atoms with Crippen LogP contribution in [0.5, 0.6) is 11.5 Å². The van der Waals surface area contributed by atoms with E-state index in [0.29, 0.717) is 72.9 Å². The summed E-state index contributed by atoms with van der Waals surface area (Å²) in [6, 6.07) is 20.3. The average molecular weight is 1380 g/mol. The molecule has 20 rings (SSSR count). The maximum atomic E-state index is 17.1. The molecule has 17 aliphatic rings. The van der Waals surface area contributed by atoms with E-state index >= 15 is 9.59 Å². The molecule has 2 saturated heterocycles. The standard InChI is InChI=1S/C82H96N2O13S2/c85-39-48-10-5-8-46(26-48)28-50-32-63(89)81-64-18-22-77(94)21-2-1-11-52(77)15-16-56(50)67(81)68(90)57-13-7-14-62(66(57)70(81)91)96-80-23-17-60-58-31-51-30-53-37-74(41-73(36-54(74)40-86)24-25-76(42-73)35-49(34-75(76)19-3-4-20-75)27-47-9-6-12-55(88)29-47)43-78(53,61-33-65(83-38-59(51)61)84-45-98-99-64)69(58)82(95,72(80)93)71(92)79(60,44-87)97-80/h5-10,12-16,26,29,32-33,40,49,51-54,58,60,64,67,69,71-72,83-85,87-89,92-95H,1-4,11,17-25,27-28,30-31,34-39,41-45H2. The number of aromatic hydroxyl groups is 1. The summed E-state index contributed by atoms with van der Waals surface area (Å²) in [4.78, 5) is 48.2. The lowest BCUT2D eigenvalue weighted by Gasteiger charge is -2.72. The SMILES string of the molecule is O=CC1CC2(CCC3(CC(Cc4cccc(O)c4)CC34CCCC4)C2)CC12CC1CC3CC4C5CCC67Oc8cccc9c8C(=O)C8%10C(O)=CC(Cc%11cccc(CO)c%11)=C(C=CC%11CCCCC%11(O)CCC8SSCNC8=CC(=C3CN8)C1(C2)C4C(O)(C6O)C(O)C5(CO)O7)C%10C9=O. The number of hydrogen-bond donors (Lipinski definition) is 10. The number of nitrogens with one attached hydrogen (secondary N) is 2. The summed E-state index contributed by atoms with van der Waals surface area (Å²) in [5.74, 6) is -4.99. The van der Waals surface area contributed by atoms with Crippen LogP contribution < -0.4 is 15.4 Å². The third kappa shape index (κ3) is 8.68. The first kappa shape index (κ1) is 64.6. The first-order chi connectivity index (χ1) is 47.8. The number of aliphatic hydroxyl groups is 7. The number of Topliss-reactive ketones (excluding diaryl/α,β-unsaturated/α-hetero) is 2. The number of benzene rings is 3. The highest BCUT2D eigenvalue weighted by Crippen LogP contribution is 2.83. The molecule has 17 heteroatoms. The van der Waals surface area contributed by atoms with Gasteiger partial charge in [0.25, 0.3) is 0 Å². The predicted molar refractivity (Wildman–Crippen MR) is 374 cm³/mol. The van der Waals surface area contributed by atoms with Crippen molar-refractivity contribution in [1.29, 1.82) is 0 Å². The molecule has 0 amide bonds. The van der Waals surface area contributed by atoms with Crippen molar-refractivity contribution in [2.24, 2.45) is 85.8 Å². The molecule has 21 unspecified atom stereocenters. The second kappa shape index (κ2) is 22.4. The van der Waals surface area contributed by atoms with E-state index < -0.39 is 92.2 Å². The zero-order valence-corrected chi connectivity index (χ0v) is 58.2. The third-order valence-corrected chi connectivity index (χ3v) is 33.7. The van der Waals surface area contributed by atoms with E-state index in [-0.39, 0.29) is 94.3 Å². The smallest absolute Gasteiger partial charge is 0.240 e. The average Bonchev–Trinajstić information content (AvgIpc) is 1.59. The van der Waals surface area contributed by atoms with Gasteiger partial charge in [-0.25, -0.2) is 0 Å². The van der Waals surface area contributed by atoms with Crippen LogP contribution in [0.1, 0.15) is 185 Å². The van der Waals surface area contributed by atoms with Gasteiger partial charge in [0, 0.05) is 46.9 Å². The Bertz CT molecular complexity index is 4100. The number of ether oxygens (including phenoxy) is 2. The fraction of sp³-hybridized carbons (Fsp3) is 0.622. The molecule has 11 bridgehead atoms. The molecule has 7 spiro atoms. The minimum absolute atomic E-state index is 0.0122. The van der Waals surface area contributed by atoms with Crippen molar-refractivity contribution < 1.29 is 64.7 Å². The van der Waals surface area contributed by atoms with Crippen LogP contribution in [0.3, 0.4) is 0 Å². The van der Waals surface area contributed by atoms with Crippen molar-refractivity contribution in [2.75, 3.05) is 19.0 Å². The first-order valence-corrected chi connectivity index (χ1v) is 40.1. The summed E-state index contributed by atoms with van der Waals surface area (Å²) >= 11 is 0. The summed E-state index contributed by atoms with van der Waals surface area (Å²) in [6.07, 6.45) is 25.8. The van der Waals surface area contributed by atoms with Crippen molar-refractivity contribution in [3.05, 3.63) is 153 Å². The number of phenolic OH excluding ortho intramolecular Hbond substituents is 1. The van der Waals surface area contributed by atoms with Gasteiger partial charge in [-0.2, -0.15) is 0 Å². The summed E-state index contributed by atoms with van der Waals surface area (Å²) in [5, 5.41) is 109. The number of ketones is 2. The van der Waals surface area contributed by atoms with E-state index in [1.807, 2.05) is 48.6 Å². The molecule has 524 valence electrons. The molecule has 99 heavy (non-hydrogen) atoms. The molecule has 13 aliphatic carbocycles. The normalized spacial score (nSPS) is 45.4. The molecule has 21 atom stereocenters. The Balaban J connectivity index is 0.754. The Kier molecular flexibility index (Phi) is 14.6. The van der Waals surface area contributed by atoms with Crippen LogP contribution >= 0.6 is 21.6 Å². The van der Waals surface area contributed by atoms with Crippen molar-refractivity contribution in [1.82, 2.24) is 10.6 Å². The van der Waals surface area contributed by atoms with Gasteiger partial charge in [-0.15, -0.1) is 0 Å². The molecule has 3 aromatic rings. The lowest BCUT2D eigenvalue weighted by Crippen LogP contribution is -2.88. The highest BCUT2D eigenvalue weighted by molar-refractivity contribution is 8.76. The van der Waals surface area contributed by atoms with E-state index in [1.54, 1.807) is 30.3 Å². The van der Waals surface area contributed by atoms with Gasteiger partial charge >= 0.3 is 0 Å². The molecule has 15 nitrogen and oxygen atoms in total. The van der Waals surface area contributed by atoms with Crippen molar-refractivity contribution in [2.45, 2.75) is 207 Å². The quantitative estimate of drug-likeness (QED) is 0.0779. The van der Waals surface area contributed by atoms with Crippen molar-refractivity contribution in [3.8, 4) is 11.5 Å². The zero-order valence-electron chi connectivity index (χ0n) is 56.6. The van der Waals surface area contributed by atoms with Crippen LogP contribution in [0.15, 0.2) is 125 Å². The molecule has 10 N–H and O–H groups in total. The molecule has 0 radical (unpaired) electrons. The second-order valence-electron chi connectivity index (χ2n) is 35.0. The van der Waals surface area contributed by atoms with E-state index in [4.69, 9.17) is 9.47 Å². The van der Waals surface area contributed by atoms with E-state index in [0.717, 1.165) is 94.0 Å². The van der Waals surface area contributed by atoms with Crippen molar-refractivity contribution in [3.63, 3.8) is 0 Å². The number of rotatable bonds is 7. The number of aldehydes is 1. The molecular weight excluding hydrogens is 1290 g/mol. The zero-order chi connectivity index (χ0) is 67.7. The van der Waals surface area contributed by atoms with Gasteiger partial charge in [0.15, 0.2) is 17.7 Å². The Morgan fingerprint density at radius 1 is 0.758 bits per heavy atom. The second-order valence-corrected chi connectivity index (χ2v) is 37.6. The highest BCUT2D eigenvalue weighted by atomic mass is 33.1. The number of phenols is 1. The third-order valence-electron chi connectivity index (χ3n) is 31.0. The maximum Gasteiger partial charge on any atom is 0.240 e. The van der Waals surface area contributed by atoms with Gasteiger partial charge in [0.1, 0.15) is 46.3 Å². The fourth-order valence-electron chi connectivity index (χ4n) is 27.7.